The van der Waals surface area contributed by atoms with Crippen molar-refractivity contribution in [2.45, 2.75) is 77.2 Å². The van der Waals surface area contributed by atoms with Crippen LogP contribution in [0, 0.1) is 0 Å². The van der Waals surface area contributed by atoms with Crippen LogP contribution in [0.5, 0.6) is 0 Å². The van der Waals surface area contributed by atoms with Gasteiger partial charge in [-0.3, -0.25) is 0 Å². The first-order valence-corrected chi connectivity index (χ1v) is 6.54. The molecule has 0 spiro atoms. The Morgan fingerprint density at radius 3 is 2.06 bits per heavy atom. The highest BCUT2D eigenvalue weighted by Gasteiger charge is 2.03. The van der Waals surface area contributed by atoms with Crippen LogP contribution in [0.25, 0.3) is 0 Å². The van der Waals surface area contributed by atoms with Gasteiger partial charge in [0.2, 0.25) is 0 Å². The average Bonchev–Trinajstić information content (AvgIpc) is 2.21. The molecule has 0 aliphatic heterocycles. The summed E-state index contributed by atoms with van der Waals surface area (Å²) in [5, 5.41) is 19.4. The zero-order valence-corrected chi connectivity index (χ0v) is 10.4. The minimum Gasteiger partial charge on any atom is -0.550 e. The predicted octanol–water partition coefficient (Wildman–Crippen LogP) is 2.02. The molecule has 0 heterocycles. The van der Waals surface area contributed by atoms with Crippen molar-refractivity contribution in [2.75, 3.05) is 0 Å². The average molecular weight is 229 g/mol. The summed E-state index contributed by atoms with van der Waals surface area (Å²) < 4.78 is 0. The van der Waals surface area contributed by atoms with Crippen molar-refractivity contribution in [3.05, 3.63) is 0 Å². The third-order valence-electron chi connectivity index (χ3n) is 2.79. The first-order chi connectivity index (χ1) is 7.66. The number of hydrogen-bond acceptors (Lipinski definition) is 3. The van der Waals surface area contributed by atoms with E-state index in [2.05, 4.69) is 6.92 Å². The van der Waals surface area contributed by atoms with E-state index in [9.17, 15) is 15.0 Å². The van der Waals surface area contributed by atoms with Gasteiger partial charge < -0.3 is 15.0 Å². The fraction of sp³-hybridized carbons (Fsp3) is 0.923. The van der Waals surface area contributed by atoms with Crippen molar-refractivity contribution in [1.82, 2.24) is 0 Å². The summed E-state index contributed by atoms with van der Waals surface area (Å²) in [5.41, 5.74) is 0. The molecule has 0 aliphatic rings. The molecular formula is C13H25O3-. The van der Waals surface area contributed by atoms with Crippen LogP contribution >= 0.6 is 0 Å². The summed E-state index contributed by atoms with van der Waals surface area (Å²) in [6, 6.07) is 0. The number of aliphatic carboxylic acids is 1. The first kappa shape index (κ1) is 15.4. The van der Waals surface area contributed by atoms with Crippen molar-refractivity contribution in [1.29, 1.82) is 0 Å². The predicted molar refractivity (Wildman–Crippen MR) is 62.9 cm³/mol. The molecule has 1 unspecified atom stereocenters. The monoisotopic (exact) mass is 229 g/mol. The number of aliphatic hydroxyl groups is 1. The van der Waals surface area contributed by atoms with Gasteiger partial charge >= 0.3 is 0 Å². The lowest BCUT2D eigenvalue weighted by Crippen LogP contribution is -2.27. The molecule has 0 radical (unpaired) electrons. The molecule has 0 saturated heterocycles. The Hall–Kier alpha value is -0.570. The van der Waals surface area contributed by atoms with Crippen molar-refractivity contribution in [2.24, 2.45) is 0 Å². The summed E-state index contributed by atoms with van der Waals surface area (Å²) in [6.07, 6.45) is 9.33. The molecule has 0 rings (SSSR count). The van der Waals surface area contributed by atoms with Gasteiger partial charge in [0.1, 0.15) is 0 Å². The van der Waals surface area contributed by atoms with Crippen LogP contribution < -0.4 is 5.11 Å². The Bertz CT molecular complexity index is 169. The smallest absolute Gasteiger partial charge is 0.0592 e. The molecule has 0 bridgehead atoms. The van der Waals surface area contributed by atoms with Gasteiger partial charge in [0.25, 0.3) is 0 Å². The van der Waals surface area contributed by atoms with E-state index in [-0.39, 0.29) is 6.42 Å². The standard InChI is InChI=1S/C13H26O3/c1-2-3-4-5-6-7-8-9-10-12(14)11-13(15)16/h12,14H,2-11H2,1H3,(H,15,16)/p-1. The van der Waals surface area contributed by atoms with Crippen LogP contribution in [0.3, 0.4) is 0 Å². The van der Waals surface area contributed by atoms with Gasteiger partial charge in [-0.1, -0.05) is 58.3 Å². The number of aliphatic hydroxyl groups excluding tert-OH is 1. The third-order valence-corrected chi connectivity index (χ3v) is 2.79. The second-order valence-corrected chi connectivity index (χ2v) is 4.49. The molecule has 16 heavy (non-hydrogen) atoms. The normalized spacial score (nSPS) is 12.6. The molecule has 0 saturated carbocycles. The molecule has 0 amide bonds. The highest BCUT2D eigenvalue weighted by atomic mass is 16.4. The lowest BCUT2D eigenvalue weighted by Gasteiger charge is -2.10. The largest absolute Gasteiger partial charge is 0.550 e. The van der Waals surface area contributed by atoms with Crippen LogP contribution in [0.2, 0.25) is 0 Å². The first-order valence-electron chi connectivity index (χ1n) is 6.54. The van der Waals surface area contributed by atoms with Gasteiger partial charge in [-0.2, -0.15) is 0 Å². The van der Waals surface area contributed by atoms with E-state index in [0.29, 0.717) is 6.42 Å². The lowest BCUT2D eigenvalue weighted by molar-refractivity contribution is -0.307. The minimum absolute atomic E-state index is 0.226. The maximum Gasteiger partial charge on any atom is 0.0592 e. The highest BCUT2D eigenvalue weighted by Crippen LogP contribution is 2.11. The van der Waals surface area contributed by atoms with Crippen molar-refractivity contribution < 1.29 is 15.0 Å². The highest BCUT2D eigenvalue weighted by molar-refractivity contribution is 5.64. The molecule has 0 aromatic rings. The van der Waals surface area contributed by atoms with Crippen LogP contribution in [-0.4, -0.2) is 17.2 Å². The van der Waals surface area contributed by atoms with Gasteiger partial charge in [-0.25, -0.2) is 0 Å². The molecule has 0 aromatic heterocycles. The Kier molecular flexibility index (Phi) is 10.5. The van der Waals surface area contributed by atoms with Crippen LogP contribution in [0.15, 0.2) is 0 Å². The summed E-state index contributed by atoms with van der Waals surface area (Å²) >= 11 is 0. The van der Waals surface area contributed by atoms with E-state index < -0.39 is 12.1 Å². The maximum atomic E-state index is 10.2. The molecule has 3 nitrogen and oxygen atoms in total. The number of carboxylic acid groups (broad SMARTS) is 1. The number of rotatable bonds is 11. The second kappa shape index (κ2) is 10.9. The second-order valence-electron chi connectivity index (χ2n) is 4.49. The summed E-state index contributed by atoms with van der Waals surface area (Å²) in [5.74, 6) is -1.16. The zero-order chi connectivity index (χ0) is 12.2. The molecule has 96 valence electrons. The third kappa shape index (κ3) is 11.5. The number of carbonyl (C=O) groups is 1. The molecule has 0 fully saturated rings. The van der Waals surface area contributed by atoms with Crippen LogP contribution in [-0.2, 0) is 4.79 Å². The molecule has 3 heteroatoms. The quantitative estimate of drug-likeness (QED) is 0.551. The van der Waals surface area contributed by atoms with Gasteiger partial charge in [0.05, 0.1) is 6.10 Å². The van der Waals surface area contributed by atoms with E-state index >= 15 is 0 Å². The zero-order valence-electron chi connectivity index (χ0n) is 10.4. The van der Waals surface area contributed by atoms with Gasteiger partial charge in [-0.05, 0) is 6.42 Å². The van der Waals surface area contributed by atoms with Crippen LogP contribution in [0.4, 0.5) is 0 Å². The van der Waals surface area contributed by atoms with Gasteiger partial charge in [0.15, 0.2) is 0 Å². The summed E-state index contributed by atoms with van der Waals surface area (Å²) in [6.45, 7) is 2.21. The fourth-order valence-electron chi connectivity index (χ4n) is 1.81. The summed E-state index contributed by atoms with van der Waals surface area (Å²) in [4.78, 5) is 10.2. The van der Waals surface area contributed by atoms with Crippen molar-refractivity contribution in [3.8, 4) is 0 Å². The van der Waals surface area contributed by atoms with Crippen molar-refractivity contribution in [3.63, 3.8) is 0 Å². The summed E-state index contributed by atoms with van der Waals surface area (Å²) in [7, 11) is 0. The fourth-order valence-corrected chi connectivity index (χ4v) is 1.81. The number of unbranched alkanes of at least 4 members (excludes halogenated alkanes) is 7. The Balaban J connectivity index is 3.11. The Labute approximate surface area is 98.9 Å². The number of hydrogen-bond donors (Lipinski definition) is 1. The van der Waals surface area contributed by atoms with E-state index in [1.807, 2.05) is 0 Å². The van der Waals surface area contributed by atoms with E-state index in [1.54, 1.807) is 0 Å². The Morgan fingerprint density at radius 1 is 1.06 bits per heavy atom. The van der Waals surface area contributed by atoms with Crippen LogP contribution in [0.1, 0.15) is 71.1 Å². The molecule has 0 aliphatic carbocycles. The molecule has 1 N–H and O–H groups in total. The maximum absolute atomic E-state index is 10.2. The topological polar surface area (TPSA) is 60.4 Å². The SMILES string of the molecule is CCCCCCCCCCC(O)CC(=O)[O-]. The molecule has 1 atom stereocenters. The number of carboxylic acids is 1. The lowest BCUT2D eigenvalue weighted by atomic mass is 10.0. The van der Waals surface area contributed by atoms with E-state index in [4.69, 9.17) is 0 Å². The van der Waals surface area contributed by atoms with Crippen molar-refractivity contribution >= 4 is 5.97 Å². The van der Waals surface area contributed by atoms with E-state index in [1.165, 1.54) is 38.5 Å². The molecule has 0 aromatic carbocycles. The number of carbonyl (C=O) groups excluding carboxylic acids is 1. The van der Waals surface area contributed by atoms with Gasteiger partial charge in [0, 0.05) is 12.4 Å². The molecular weight excluding hydrogens is 204 g/mol. The minimum atomic E-state index is -1.16. The van der Waals surface area contributed by atoms with E-state index in [0.717, 1.165) is 12.8 Å². The van der Waals surface area contributed by atoms with Gasteiger partial charge in [-0.15, -0.1) is 0 Å². The Morgan fingerprint density at radius 2 is 1.56 bits per heavy atom.